The van der Waals surface area contributed by atoms with Gasteiger partial charge in [0.05, 0.1) is 6.10 Å². The highest BCUT2D eigenvalue weighted by atomic mass is 16.5. The van der Waals surface area contributed by atoms with Gasteiger partial charge in [0.2, 0.25) is 5.91 Å². The largest absolute Gasteiger partial charge is 0.376 e. The lowest BCUT2D eigenvalue weighted by atomic mass is 10.0. The van der Waals surface area contributed by atoms with Gasteiger partial charge in [-0.1, -0.05) is 13.8 Å². The quantitative estimate of drug-likeness (QED) is 0.785. The maximum atomic E-state index is 12.2. The SMILES string of the molecule is Cc1nc(NCC2CCCO2)c2c(n1)NC(C(C)C)C(=O)N2. The third-order valence-electron chi connectivity index (χ3n) is 4.03. The molecule has 0 bridgehead atoms. The summed E-state index contributed by atoms with van der Waals surface area (Å²) in [6.07, 6.45) is 2.36. The second-order valence-electron chi connectivity index (χ2n) is 6.21. The summed E-state index contributed by atoms with van der Waals surface area (Å²) in [6.45, 7) is 7.37. The van der Waals surface area contributed by atoms with E-state index in [1.807, 2.05) is 20.8 Å². The van der Waals surface area contributed by atoms with Crippen molar-refractivity contribution < 1.29 is 9.53 Å². The Hall–Kier alpha value is -1.89. The van der Waals surface area contributed by atoms with E-state index in [1.54, 1.807) is 0 Å². The van der Waals surface area contributed by atoms with Crippen LogP contribution in [0.2, 0.25) is 0 Å². The van der Waals surface area contributed by atoms with Crippen molar-refractivity contribution in [3.05, 3.63) is 5.82 Å². The molecule has 7 nitrogen and oxygen atoms in total. The van der Waals surface area contributed by atoms with E-state index >= 15 is 0 Å². The standard InChI is InChI=1S/C15H23N5O2/c1-8(2)11-15(21)20-12-13(16-7-10-5-4-6-22-10)17-9(3)18-14(12)19-11/h8,10-11H,4-7H2,1-3H3,(H,20,21)(H2,16,17,18,19). The maximum absolute atomic E-state index is 12.2. The molecule has 2 atom stereocenters. The van der Waals surface area contributed by atoms with Gasteiger partial charge in [0, 0.05) is 13.2 Å². The summed E-state index contributed by atoms with van der Waals surface area (Å²) in [6, 6.07) is -0.271. The molecule has 1 amide bonds. The summed E-state index contributed by atoms with van der Waals surface area (Å²) in [5, 5.41) is 9.44. The van der Waals surface area contributed by atoms with E-state index in [9.17, 15) is 4.79 Å². The van der Waals surface area contributed by atoms with Gasteiger partial charge >= 0.3 is 0 Å². The van der Waals surface area contributed by atoms with E-state index in [0.29, 0.717) is 29.7 Å². The Bertz CT molecular complexity index is 569. The van der Waals surface area contributed by atoms with Crippen molar-refractivity contribution in [1.82, 2.24) is 9.97 Å². The molecule has 22 heavy (non-hydrogen) atoms. The molecule has 1 fully saturated rings. The fourth-order valence-electron chi connectivity index (χ4n) is 2.82. The third kappa shape index (κ3) is 2.99. The number of ether oxygens (including phenoxy) is 1. The molecule has 0 saturated carbocycles. The van der Waals surface area contributed by atoms with E-state index in [4.69, 9.17) is 4.74 Å². The van der Waals surface area contributed by atoms with Crippen LogP contribution in [0, 0.1) is 12.8 Å². The van der Waals surface area contributed by atoms with Crippen LogP contribution in [0.4, 0.5) is 17.3 Å². The molecule has 3 heterocycles. The highest BCUT2D eigenvalue weighted by Gasteiger charge is 2.31. The lowest BCUT2D eigenvalue weighted by Gasteiger charge is -2.29. The molecule has 2 aliphatic heterocycles. The fraction of sp³-hybridized carbons (Fsp3) is 0.667. The van der Waals surface area contributed by atoms with Crippen LogP contribution in [0.1, 0.15) is 32.5 Å². The van der Waals surface area contributed by atoms with Gasteiger partial charge in [0.15, 0.2) is 11.6 Å². The Morgan fingerprint density at radius 2 is 2.23 bits per heavy atom. The Morgan fingerprint density at radius 3 is 2.91 bits per heavy atom. The van der Waals surface area contributed by atoms with Gasteiger partial charge in [-0.25, -0.2) is 9.97 Å². The predicted octanol–water partition coefficient (Wildman–Crippen LogP) is 1.76. The van der Waals surface area contributed by atoms with Crippen LogP contribution >= 0.6 is 0 Å². The molecule has 3 N–H and O–H groups in total. The van der Waals surface area contributed by atoms with Gasteiger partial charge in [-0.05, 0) is 25.7 Å². The Kier molecular flexibility index (Phi) is 4.15. The van der Waals surface area contributed by atoms with Crippen molar-refractivity contribution in [3.63, 3.8) is 0 Å². The van der Waals surface area contributed by atoms with E-state index in [1.165, 1.54) is 0 Å². The monoisotopic (exact) mass is 305 g/mol. The summed E-state index contributed by atoms with van der Waals surface area (Å²) in [5.74, 6) is 2.14. The van der Waals surface area contributed by atoms with Crippen LogP contribution in [-0.2, 0) is 9.53 Å². The van der Waals surface area contributed by atoms with Crippen LogP contribution in [0.15, 0.2) is 0 Å². The number of carbonyl (C=O) groups is 1. The number of nitrogens with zero attached hydrogens (tertiary/aromatic N) is 2. The smallest absolute Gasteiger partial charge is 0.247 e. The molecule has 1 aromatic rings. The summed E-state index contributed by atoms with van der Waals surface area (Å²) in [5.41, 5.74) is 0.630. The van der Waals surface area contributed by atoms with Gasteiger partial charge in [-0.3, -0.25) is 4.79 Å². The van der Waals surface area contributed by atoms with Gasteiger partial charge in [0.25, 0.3) is 0 Å². The molecule has 0 radical (unpaired) electrons. The number of aromatic nitrogens is 2. The molecule has 0 spiro atoms. The first-order valence-electron chi connectivity index (χ1n) is 7.86. The van der Waals surface area contributed by atoms with Crippen molar-refractivity contribution in [3.8, 4) is 0 Å². The minimum Gasteiger partial charge on any atom is -0.376 e. The normalized spacial score (nSPS) is 23.9. The zero-order valence-corrected chi connectivity index (χ0v) is 13.3. The van der Waals surface area contributed by atoms with Crippen molar-refractivity contribution in [2.45, 2.75) is 45.8 Å². The zero-order chi connectivity index (χ0) is 15.7. The first-order chi connectivity index (χ1) is 10.5. The molecule has 2 aliphatic rings. The molecule has 0 aliphatic carbocycles. The molecule has 0 aromatic carbocycles. The third-order valence-corrected chi connectivity index (χ3v) is 4.03. The molecule has 2 unspecified atom stereocenters. The number of nitrogens with one attached hydrogen (secondary N) is 3. The molecule has 1 aromatic heterocycles. The molecular weight excluding hydrogens is 282 g/mol. The summed E-state index contributed by atoms with van der Waals surface area (Å²) in [4.78, 5) is 21.0. The van der Waals surface area contributed by atoms with Crippen LogP contribution in [0.5, 0.6) is 0 Å². The first kappa shape index (κ1) is 15.0. The summed E-state index contributed by atoms with van der Waals surface area (Å²) >= 11 is 0. The van der Waals surface area contributed by atoms with Crippen LogP contribution in [0.3, 0.4) is 0 Å². The molecule has 7 heteroatoms. The number of anilines is 3. The number of hydrogen-bond donors (Lipinski definition) is 3. The second-order valence-corrected chi connectivity index (χ2v) is 6.21. The topological polar surface area (TPSA) is 88.2 Å². The number of rotatable bonds is 4. The van der Waals surface area contributed by atoms with Crippen molar-refractivity contribution >= 4 is 23.2 Å². The molecule has 1 saturated heterocycles. The number of amides is 1. The highest BCUT2D eigenvalue weighted by molar-refractivity contribution is 6.05. The van der Waals surface area contributed by atoms with E-state index in [-0.39, 0.29) is 24.0 Å². The van der Waals surface area contributed by atoms with Crippen LogP contribution in [-0.4, -0.2) is 41.2 Å². The van der Waals surface area contributed by atoms with Gasteiger partial charge in [-0.2, -0.15) is 0 Å². The zero-order valence-electron chi connectivity index (χ0n) is 13.3. The van der Waals surface area contributed by atoms with Crippen molar-refractivity contribution in [1.29, 1.82) is 0 Å². The van der Waals surface area contributed by atoms with Gasteiger partial charge < -0.3 is 20.7 Å². The second kappa shape index (κ2) is 6.08. The molecule has 3 rings (SSSR count). The van der Waals surface area contributed by atoms with E-state index in [0.717, 1.165) is 19.4 Å². The van der Waals surface area contributed by atoms with Gasteiger partial charge in [0.1, 0.15) is 17.6 Å². The Morgan fingerprint density at radius 1 is 1.41 bits per heavy atom. The summed E-state index contributed by atoms with van der Waals surface area (Å²) in [7, 11) is 0. The Balaban J connectivity index is 1.81. The van der Waals surface area contributed by atoms with Crippen molar-refractivity contribution in [2.75, 3.05) is 29.1 Å². The Labute approximate surface area is 130 Å². The minimum atomic E-state index is -0.271. The fourth-order valence-corrected chi connectivity index (χ4v) is 2.82. The van der Waals surface area contributed by atoms with E-state index < -0.39 is 0 Å². The number of hydrogen-bond acceptors (Lipinski definition) is 6. The average molecular weight is 305 g/mol. The minimum absolute atomic E-state index is 0.0462. The van der Waals surface area contributed by atoms with Crippen LogP contribution in [0.25, 0.3) is 0 Å². The van der Waals surface area contributed by atoms with Gasteiger partial charge in [-0.15, -0.1) is 0 Å². The number of aryl methyl sites for hydroxylation is 1. The number of carbonyl (C=O) groups excluding carboxylic acids is 1. The summed E-state index contributed by atoms with van der Waals surface area (Å²) < 4.78 is 5.61. The van der Waals surface area contributed by atoms with Crippen molar-refractivity contribution in [2.24, 2.45) is 5.92 Å². The number of fused-ring (bicyclic) bond motifs is 1. The average Bonchev–Trinajstić information content (AvgIpc) is 2.97. The maximum Gasteiger partial charge on any atom is 0.247 e. The first-order valence-corrected chi connectivity index (χ1v) is 7.86. The lowest BCUT2D eigenvalue weighted by molar-refractivity contribution is -0.117. The van der Waals surface area contributed by atoms with Crippen LogP contribution < -0.4 is 16.0 Å². The predicted molar refractivity (Wildman–Crippen MR) is 85.1 cm³/mol. The molecule has 120 valence electrons. The lowest BCUT2D eigenvalue weighted by Crippen LogP contribution is -2.43. The molecular formula is C15H23N5O2. The van der Waals surface area contributed by atoms with E-state index in [2.05, 4.69) is 25.9 Å². The highest BCUT2D eigenvalue weighted by Crippen LogP contribution is 2.32.